The van der Waals surface area contributed by atoms with Gasteiger partial charge in [0.1, 0.15) is 11.6 Å². The van der Waals surface area contributed by atoms with Crippen molar-refractivity contribution in [3.05, 3.63) is 29.8 Å². The molecule has 1 aromatic rings. The van der Waals surface area contributed by atoms with Crippen molar-refractivity contribution in [1.29, 1.82) is 0 Å². The van der Waals surface area contributed by atoms with Crippen LogP contribution in [0.25, 0.3) is 0 Å². The Morgan fingerprint density at radius 2 is 1.88 bits per heavy atom. The van der Waals surface area contributed by atoms with E-state index in [0.29, 0.717) is 0 Å². The fourth-order valence-corrected chi connectivity index (χ4v) is 4.10. The number of aliphatic carboxylic acids is 1. The Bertz CT molecular complexity index is 555. The molecule has 1 amide bonds. The molecule has 0 aromatic heterocycles. The van der Waals surface area contributed by atoms with E-state index >= 15 is 0 Å². The van der Waals surface area contributed by atoms with Crippen molar-refractivity contribution >= 4 is 33.7 Å². The molecule has 140 valence electrons. The zero-order valence-electron chi connectivity index (χ0n) is 15.2. The minimum Gasteiger partial charge on any atom is -0.480 e. The third-order valence-electron chi connectivity index (χ3n) is 3.09. The van der Waals surface area contributed by atoms with Gasteiger partial charge >= 0.3 is 12.1 Å². The second kappa shape index (κ2) is 10.6. The van der Waals surface area contributed by atoms with Gasteiger partial charge in [0.05, 0.1) is 0 Å². The first-order valence-corrected chi connectivity index (χ1v) is 10.6. The van der Waals surface area contributed by atoms with Gasteiger partial charge < -0.3 is 15.2 Å². The molecule has 7 heteroatoms. The van der Waals surface area contributed by atoms with Crippen LogP contribution in [0.2, 0.25) is 0 Å². The molecule has 0 saturated heterocycles. The van der Waals surface area contributed by atoms with Crippen LogP contribution >= 0.6 is 21.6 Å². The van der Waals surface area contributed by atoms with E-state index in [2.05, 4.69) is 12.2 Å². The van der Waals surface area contributed by atoms with Gasteiger partial charge in [-0.3, -0.25) is 0 Å². The lowest BCUT2D eigenvalue weighted by Gasteiger charge is -2.22. The topological polar surface area (TPSA) is 75.6 Å². The van der Waals surface area contributed by atoms with Crippen LogP contribution in [-0.2, 0) is 16.0 Å². The van der Waals surface area contributed by atoms with Crippen LogP contribution in [0.3, 0.4) is 0 Å². The Labute approximate surface area is 157 Å². The standard InChI is InChI=1S/C18H27NO4S2/c1-5-6-11-24-25-14-9-7-13(8-10-14)12-15(16(20)21)19-17(22)23-18(2,3)4/h7-10,15H,5-6,11-12H2,1-4H3,(H,19,22)(H,20,21)/t15-/m0/s1. The summed E-state index contributed by atoms with van der Waals surface area (Å²) in [5, 5.41) is 11.7. The average Bonchev–Trinajstić information content (AvgIpc) is 2.50. The van der Waals surface area contributed by atoms with Crippen molar-refractivity contribution in [2.75, 3.05) is 5.75 Å². The van der Waals surface area contributed by atoms with Crippen LogP contribution in [0.5, 0.6) is 0 Å². The summed E-state index contributed by atoms with van der Waals surface area (Å²) in [7, 11) is 3.54. The number of rotatable bonds is 9. The molecule has 1 atom stereocenters. The maximum Gasteiger partial charge on any atom is 0.408 e. The molecule has 0 aliphatic heterocycles. The van der Waals surface area contributed by atoms with Crippen LogP contribution < -0.4 is 5.32 Å². The SMILES string of the molecule is CCCCSSc1ccc(C[C@H](NC(=O)OC(C)(C)C)C(=O)O)cc1. The number of hydrogen-bond acceptors (Lipinski definition) is 5. The van der Waals surface area contributed by atoms with Gasteiger partial charge in [0.25, 0.3) is 0 Å². The Morgan fingerprint density at radius 1 is 1.24 bits per heavy atom. The lowest BCUT2D eigenvalue weighted by atomic mass is 10.1. The predicted octanol–water partition coefficient (Wildman–Crippen LogP) is 4.75. The van der Waals surface area contributed by atoms with Gasteiger partial charge in [-0.1, -0.05) is 47.1 Å². The molecular formula is C18H27NO4S2. The van der Waals surface area contributed by atoms with Crippen molar-refractivity contribution in [1.82, 2.24) is 5.32 Å². The third-order valence-corrected chi connectivity index (χ3v) is 5.56. The zero-order chi connectivity index (χ0) is 18.9. The summed E-state index contributed by atoms with van der Waals surface area (Å²) in [6.45, 7) is 7.37. The minimum atomic E-state index is -1.08. The van der Waals surface area contributed by atoms with Crippen LogP contribution in [-0.4, -0.2) is 34.6 Å². The predicted molar refractivity (Wildman–Crippen MR) is 104 cm³/mol. The van der Waals surface area contributed by atoms with E-state index in [9.17, 15) is 14.7 Å². The van der Waals surface area contributed by atoms with E-state index in [4.69, 9.17) is 4.74 Å². The Kier molecular flexibility index (Phi) is 9.21. The van der Waals surface area contributed by atoms with Crippen molar-refractivity contribution in [2.45, 2.75) is 63.5 Å². The van der Waals surface area contributed by atoms with E-state index in [-0.39, 0.29) is 6.42 Å². The first kappa shape index (κ1) is 21.7. The molecule has 2 N–H and O–H groups in total. The maximum absolute atomic E-state index is 11.8. The maximum atomic E-state index is 11.8. The third kappa shape index (κ3) is 9.65. The number of hydrogen-bond donors (Lipinski definition) is 2. The fraction of sp³-hybridized carbons (Fsp3) is 0.556. The van der Waals surface area contributed by atoms with E-state index in [1.54, 1.807) is 31.6 Å². The van der Waals surface area contributed by atoms with Gasteiger partial charge in [0.2, 0.25) is 0 Å². The normalized spacial score (nSPS) is 12.5. The highest BCUT2D eigenvalue weighted by atomic mass is 33.1. The van der Waals surface area contributed by atoms with Gasteiger partial charge in [-0.05, 0) is 44.9 Å². The van der Waals surface area contributed by atoms with Gasteiger partial charge in [0, 0.05) is 17.1 Å². The number of nitrogens with one attached hydrogen (secondary N) is 1. The highest BCUT2D eigenvalue weighted by Crippen LogP contribution is 2.31. The second-order valence-electron chi connectivity index (χ2n) is 6.64. The van der Waals surface area contributed by atoms with Gasteiger partial charge in [0.15, 0.2) is 0 Å². The number of carboxylic acid groups (broad SMARTS) is 1. The number of carboxylic acids is 1. The monoisotopic (exact) mass is 385 g/mol. The summed E-state index contributed by atoms with van der Waals surface area (Å²) in [4.78, 5) is 24.3. The average molecular weight is 386 g/mol. The van der Waals surface area contributed by atoms with Gasteiger partial charge in [-0.25, -0.2) is 9.59 Å². The van der Waals surface area contributed by atoms with Crippen molar-refractivity contribution < 1.29 is 19.4 Å². The quantitative estimate of drug-likeness (QED) is 0.472. The lowest BCUT2D eigenvalue weighted by Crippen LogP contribution is -2.44. The van der Waals surface area contributed by atoms with Crippen molar-refractivity contribution in [3.8, 4) is 0 Å². The molecule has 0 unspecified atom stereocenters. The van der Waals surface area contributed by atoms with Crippen LogP contribution in [0, 0.1) is 0 Å². The number of benzene rings is 1. The first-order chi connectivity index (χ1) is 11.7. The Balaban J connectivity index is 2.57. The Hall–Kier alpha value is -1.34. The molecule has 1 rings (SSSR count). The summed E-state index contributed by atoms with van der Waals surface area (Å²) in [5.74, 6) is 0.0310. The smallest absolute Gasteiger partial charge is 0.408 e. The molecule has 0 spiro atoms. The van der Waals surface area contributed by atoms with Crippen molar-refractivity contribution in [2.24, 2.45) is 0 Å². The number of ether oxygens (including phenoxy) is 1. The largest absolute Gasteiger partial charge is 0.480 e. The van der Waals surface area contributed by atoms with Crippen LogP contribution in [0.1, 0.15) is 46.1 Å². The second-order valence-corrected chi connectivity index (χ2v) is 9.13. The Morgan fingerprint density at radius 3 is 2.40 bits per heavy atom. The molecule has 0 aliphatic carbocycles. The molecule has 0 saturated carbocycles. The summed E-state index contributed by atoms with van der Waals surface area (Å²) in [5.41, 5.74) is 0.188. The van der Waals surface area contributed by atoms with E-state index < -0.39 is 23.7 Å². The number of carbonyl (C=O) groups excluding carboxylic acids is 1. The number of unbranched alkanes of at least 4 members (excludes halogenated alkanes) is 1. The molecule has 0 bridgehead atoms. The van der Waals surface area contributed by atoms with E-state index in [1.807, 2.05) is 35.1 Å². The summed E-state index contributed by atoms with van der Waals surface area (Å²) >= 11 is 0. The minimum absolute atomic E-state index is 0.211. The first-order valence-electron chi connectivity index (χ1n) is 8.32. The highest BCUT2D eigenvalue weighted by molar-refractivity contribution is 8.76. The molecule has 1 aromatic carbocycles. The fourth-order valence-electron chi connectivity index (χ4n) is 1.88. The van der Waals surface area contributed by atoms with E-state index in [0.717, 1.165) is 16.2 Å². The number of amides is 1. The highest BCUT2D eigenvalue weighted by Gasteiger charge is 2.24. The van der Waals surface area contributed by atoms with Crippen LogP contribution in [0.4, 0.5) is 4.79 Å². The van der Waals surface area contributed by atoms with Gasteiger partial charge in [-0.15, -0.1) is 0 Å². The molecular weight excluding hydrogens is 358 g/mol. The van der Waals surface area contributed by atoms with Crippen LogP contribution in [0.15, 0.2) is 29.2 Å². The molecule has 5 nitrogen and oxygen atoms in total. The van der Waals surface area contributed by atoms with E-state index in [1.165, 1.54) is 12.8 Å². The molecule has 0 heterocycles. The molecule has 25 heavy (non-hydrogen) atoms. The van der Waals surface area contributed by atoms with Crippen molar-refractivity contribution in [3.63, 3.8) is 0 Å². The zero-order valence-corrected chi connectivity index (χ0v) is 16.8. The molecule has 0 radical (unpaired) electrons. The summed E-state index contributed by atoms with van der Waals surface area (Å²) in [6.07, 6.45) is 1.88. The summed E-state index contributed by atoms with van der Waals surface area (Å²) < 4.78 is 5.12. The number of carbonyl (C=O) groups is 2. The molecule has 0 aliphatic rings. The number of alkyl carbamates (subject to hydrolysis) is 1. The lowest BCUT2D eigenvalue weighted by molar-refractivity contribution is -0.139. The molecule has 0 fully saturated rings. The van der Waals surface area contributed by atoms with Gasteiger partial charge in [-0.2, -0.15) is 0 Å². The summed E-state index contributed by atoms with van der Waals surface area (Å²) in [6, 6.07) is 6.73.